The van der Waals surface area contributed by atoms with Crippen molar-refractivity contribution in [3.05, 3.63) is 70.8 Å². The van der Waals surface area contributed by atoms with Crippen molar-refractivity contribution in [3.8, 4) is 5.75 Å². The van der Waals surface area contributed by atoms with E-state index in [1.165, 1.54) is 0 Å². The third-order valence-electron chi connectivity index (χ3n) is 3.31. The van der Waals surface area contributed by atoms with E-state index in [4.69, 9.17) is 4.74 Å². The maximum atomic E-state index is 11.9. The van der Waals surface area contributed by atoms with Crippen LogP contribution in [0.2, 0.25) is 0 Å². The number of carbonyl (C=O) groups is 2. The maximum Gasteiger partial charge on any atom is 0.276 e. The second kappa shape index (κ2) is 9.62. The first-order valence-corrected chi connectivity index (χ1v) is 8.70. The van der Waals surface area contributed by atoms with Gasteiger partial charge in [-0.15, -0.1) is 0 Å². The van der Waals surface area contributed by atoms with E-state index in [0.29, 0.717) is 17.1 Å². The van der Waals surface area contributed by atoms with Gasteiger partial charge in [-0.2, -0.15) is 0 Å². The first kappa shape index (κ1) is 19.5. The van der Waals surface area contributed by atoms with Gasteiger partial charge >= 0.3 is 0 Å². The first-order valence-electron chi connectivity index (χ1n) is 7.90. The second-order valence-electron chi connectivity index (χ2n) is 5.57. The lowest BCUT2D eigenvalue weighted by molar-refractivity contribution is -0.124. The Bertz CT molecular complexity index is 794. The number of nitrogens with one attached hydrogen (secondary N) is 3. The first-order chi connectivity index (χ1) is 12.4. The Morgan fingerprint density at radius 3 is 2.50 bits per heavy atom. The number of para-hydroxylation sites is 1. The Morgan fingerprint density at radius 1 is 1.08 bits per heavy atom. The van der Waals surface area contributed by atoms with E-state index < -0.39 is 0 Å². The molecule has 136 valence electrons. The highest BCUT2D eigenvalue weighted by Crippen LogP contribution is 2.21. The van der Waals surface area contributed by atoms with Gasteiger partial charge in [-0.3, -0.25) is 15.0 Å². The Morgan fingerprint density at radius 2 is 1.81 bits per heavy atom. The molecule has 26 heavy (non-hydrogen) atoms. The molecule has 0 fully saturated rings. The molecule has 0 saturated heterocycles. The third kappa shape index (κ3) is 6.60. The van der Waals surface area contributed by atoms with Crippen molar-refractivity contribution in [1.82, 2.24) is 10.9 Å². The highest BCUT2D eigenvalue weighted by molar-refractivity contribution is 9.10. The molecule has 0 aliphatic heterocycles. The van der Waals surface area contributed by atoms with E-state index in [1.807, 2.05) is 37.3 Å². The van der Waals surface area contributed by atoms with Gasteiger partial charge in [0, 0.05) is 15.9 Å². The fourth-order valence-electron chi connectivity index (χ4n) is 2.01. The summed E-state index contributed by atoms with van der Waals surface area (Å²) < 4.78 is 6.39. The van der Waals surface area contributed by atoms with Crippen LogP contribution in [-0.4, -0.2) is 18.4 Å². The maximum absolute atomic E-state index is 11.9. The molecule has 0 radical (unpaired) electrons. The van der Waals surface area contributed by atoms with E-state index in [0.717, 1.165) is 10.0 Å². The van der Waals surface area contributed by atoms with Crippen LogP contribution < -0.4 is 20.9 Å². The number of hydrogen-bond donors (Lipinski definition) is 3. The number of rotatable bonds is 8. The number of benzene rings is 2. The molecule has 3 N–H and O–H groups in total. The number of halogens is 1. The molecule has 0 spiro atoms. The van der Waals surface area contributed by atoms with Crippen molar-refractivity contribution in [1.29, 1.82) is 0 Å². The lowest BCUT2D eigenvalue weighted by Gasteiger charge is -2.12. The van der Waals surface area contributed by atoms with Crippen LogP contribution in [0, 0.1) is 6.92 Å². The van der Waals surface area contributed by atoms with Crippen LogP contribution in [0.1, 0.15) is 12.0 Å². The minimum Gasteiger partial charge on any atom is -0.484 e. The summed E-state index contributed by atoms with van der Waals surface area (Å²) >= 11 is 3.40. The molecule has 2 aromatic carbocycles. The van der Waals surface area contributed by atoms with Gasteiger partial charge in [0.05, 0.1) is 6.42 Å². The van der Waals surface area contributed by atoms with E-state index in [1.54, 1.807) is 18.2 Å². The molecule has 0 aliphatic carbocycles. The molecule has 0 atom stereocenters. The number of hydrogen-bond acceptors (Lipinski definition) is 4. The van der Waals surface area contributed by atoms with E-state index in [-0.39, 0.29) is 24.8 Å². The molecule has 0 heterocycles. The van der Waals surface area contributed by atoms with Crippen LogP contribution >= 0.6 is 15.9 Å². The summed E-state index contributed by atoms with van der Waals surface area (Å²) in [6.45, 7) is 5.49. The van der Waals surface area contributed by atoms with Gasteiger partial charge in [-0.25, -0.2) is 0 Å². The molecular formula is C19H20BrN3O3. The SMILES string of the molecule is C=C(CC(=O)Nc1ccccc1)NNC(=O)COc1ccc(Br)c(C)c1. The zero-order valence-corrected chi connectivity index (χ0v) is 15.9. The Balaban J connectivity index is 1.68. The fraction of sp³-hybridized carbons (Fsp3) is 0.158. The van der Waals surface area contributed by atoms with Crippen molar-refractivity contribution in [3.63, 3.8) is 0 Å². The van der Waals surface area contributed by atoms with Crippen LogP contribution in [0.25, 0.3) is 0 Å². The summed E-state index contributed by atoms with van der Waals surface area (Å²) in [4.78, 5) is 23.7. The minimum atomic E-state index is -0.379. The summed E-state index contributed by atoms with van der Waals surface area (Å²) in [7, 11) is 0. The number of aryl methyl sites for hydroxylation is 1. The van der Waals surface area contributed by atoms with Crippen LogP contribution in [0.4, 0.5) is 5.69 Å². The number of hydrazine groups is 1. The van der Waals surface area contributed by atoms with Gasteiger partial charge in [-0.05, 0) is 42.8 Å². The predicted molar refractivity (Wildman–Crippen MR) is 104 cm³/mol. The van der Waals surface area contributed by atoms with Gasteiger partial charge in [0.2, 0.25) is 5.91 Å². The van der Waals surface area contributed by atoms with Gasteiger partial charge in [0.15, 0.2) is 6.61 Å². The summed E-state index contributed by atoms with van der Waals surface area (Å²) in [6.07, 6.45) is 0.0297. The topological polar surface area (TPSA) is 79.5 Å². The summed E-state index contributed by atoms with van der Waals surface area (Å²) in [5.41, 5.74) is 7.14. The standard InChI is InChI=1S/C19H20BrN3O3/c1-13-10-16(8-9-17(13)20)26-12-19(25)23-22-14(2)11-18(24)21-15-6-4-3-5-7-15/h3-10,22H,2,11-12H2,1H3,(H,21,24)(H,23,25). The lowest BCUT2D eigenvalue weighted by atomic mass is 10.2. The van der Waals surface area contributed by atoms with Crippen LogP contribution in [-0.2, 0) is 9.59 Å². The molecule has 0 bridgehead atoms. The van der Waals surface area contributed by atoms with Crippen molar-refractivity contribution >= 4 is 33.4 Å². The molecule has 0 unspecified atom stereocenters. The average molecular weight is 418 g/mol. The fourth-order valence-corrected chi connectivity index (χ4v) is 2.26. The van der Waals surface area contributed by atoms with Gasteiger partial charge < -0.3 is 15.5 Å². The summed E-state index contributed by atoms with van der Waals surface area (Å²) in [5.74, 6) is -0.0124. The molecule has 0 aliphatic rings. The Labute approximate surface area is 160 Å². The average Bonchev–Trinajstić information content (AvgIpc) is 2.61. The second-order valence-corrected chi connectivity index (χ2v) is 6.42. The smallest absolute Gasteiger partial charge is 0.276 e. The zero-order valence-electron chi connectivity index (χ0n) is 14.3. The summed E-state index contributed by atoms with van der Waals surface area (Å²) in [6, 6.07) is 14.6. The highest BCUT2D eigenvalue weighted by atomic mass is 79.9. The number of carbonyl (C=O) groups excluding carboxylic acids is 2. The normalized spacial score (nSPS) is 9.92. The van der Waals surface area contributed by atoms with Gasteiger partial charge in [0.25, 0.3) is 5.91 Å². The number of amides is 2. The minimum absolute atomic E-state index is 0.0297. The van der Waals surface area contributed by atoms with Gasteiger partial charge in [0.1, 0.15) is 5.75 Å². The van der Waals surface area contributed by atoms with Crippen LogP contribution in [0.15, 0.2) is 65.3 Å². The third-order valence-corrected chi connectivity index (χ3v) is 4.20. The summed E-state index contributed by atoms with van der Waals surface area (Å²) in [5, 5.41) is 2.74. The van der Waals surface area contributed by atoms with E-state index in [9.17, 15) is 9.59 Å². The largest absolute Gasteiger partial charge is 0.484 e. The van der Waals surface area contributed by atoms with Crippen LogP contribution in [0.3, 0.4) is 0 Å². The molecule has 2 rings (SSSR count). The monoisotopic (exact) mass is 417 g/mol. The van der Waals surface area contributed by atoms with E-state index >= 15 is 0 Å². The van der Waals surface area contributed by atoms with E-state index in [2.05, 4.69) is 38.7 Å². The predicted octanol–water partition coefficient (Wildman–Crippen LogP) is 3.30. The number of ether oxygens (including phenoxy) is 1. The quantitative estimate of drug-likeness (QED) is 0.575. The molecular weight excluding hydrogens is 398 g/mol. The number of anilines is 1. The van der Waals surface area contributed by atoms with Crippen LogP contribution in [0.5, 0.6) is 5.75 Å². The van der Waals surface area contributed by atoms with Crippen molar-refractivity contribution in [2.45, 2.75) is 13.3 Å². The van der Waals surface area contributed by atoms with Crippen molar-refractivity contribution < 1.29 is 14.3 Å². The van der Waals surface area contributed by atoms with Crippen molar-refractivity contribution in [2.75, 3.05) is 11.9 Å². The molecule has 7 heteroatoms. The molecule has 6 nitrogen and oxygen atoms in total. The van der Waals surface area contributed by atoms with Gasteiger partial charge in [-0.1, -0.05) is 40.7 Å². The van der Waals surface area contributed by atoms with Crippen molar-refractivity contribution in [2.24, 2.45) is 0 Å². The highest BCUT2D eigenvalue weighted by Gasteiger charge is 2.07. The Hall–Kier alpha value is -2.80. The molecule has 0 aromatic heterocycles. The lowest BCUT2D eigenvalue weighted by Crippen LogP contribution is -2.40. The zero-order chi connectivity index (χ0) is 18.9. The molecule has 2 amide bonds. The molecule has 0 saturated carbocycles. The molecule has 2 aromatic rings. The Kier molecular flexibility index (Phi) is 7.23.